The summed E-state index contributed by atoms with van der Waals surface area (Å²) >= 11 is 0. The lowest BCUT2D eigenvalue weighted by molar-refractivity contribution is 0.283. The van der Waals surface area contributed by atoms with Gasteiger partial charge in [0.2, 0.25) is 10.0 Å². The summed E-state index contributed by atoms with van der Waals surface area (Å²) in [5.74, 6) is -0.117. The van der Waals surface area contributed by atoms with Gasteiger partial charge in [0.25, 0.3) is 0 Å². The van der Waals surface area contributed by atoms with Crippen LogP contribution >= 0.6 is 0 Å². The number of para-hydroxylation sites is 1. The second kappa shape index (κ2) is 5.16. The van der Waals surface area contributed by atoms with Crippen LogP contribution in [-0.4, -0.2) is 43.6 Å². The van der Waals surface area contributed by atoms with Crippen molar-refractivity contribution < 1.29 is 12.9 Å². The third-order valence-electron chi connectivity index (χ3n) is 3.57. The Morgan fingerprint density at radius 3 is 3.05 bits per heavy atom. The van der Waals surface area contributed by atoms with E-state index in [9.17, 15) is 8.42 Å². The second-order valence-electron chi connectivity index (χ2n) is 5.05. The van der Waals surface area contributed by atoms with Crippen LogP contribution in [0.3, 0.4) is 0 Å². The fourth-order valence-electron chi connectivity index (χ4n) is 2.53. The van der Waals surface area contributed by atoms with Crippen molar-refractivity contribution in [2.24, 2.45) is 0 Å². The molecule has 1 N–H and O–H groups in total. The van der Waals surface area contributed by atoms with Gasteiger partial charge >= 0.3 is 0 Å². The van der Waals surface area contributed by atoms with E-state index in [4.69, 9.17) is 4.52 Å². The quantitative estimate of drug-likeness (QED) is 0.912. The molecular weight excluding hydrogens is 278 g/mol. The predicted octanol–water partition coefficient (Wildman–Crippen LogP) is 0.951. The van der Waals surface area contributed by atoms with Gasteiger partial charge in [-0.25, -0.2) is 8.42 Å². The van der Waals surface area contributed by atoms with Gasteiger partial charge < -0.3 is 9.84 Å². The molecule has 2 heterocycles. The number of sulfonamides is 1. The van der Waals surface area contributed by atoms with E-state index in [0.717, 1.165) is 5.39 Å². The molecule has 2 aromatic rings. The smallest absolute Gasteiger partial charge is 0.220 e. The molecule has 1 fully saturated rings. The molecule has 0 bridgehead atoms. The van der Waals surface area contributed by atoms with Crippen LogP contribution in [0.25, 0.3) is 11.0 Å². The van der Waals surface area contributed by atoms with Gasteiger partial charge in [0.05, 0.1) is 0 Å². The number of nitrogens with one attached hydrogen (secondary N) is 1. The van der Waals surface area contributed by atoms with Crippen LogP contribution in [0.2, 0.25) is 0 Å². The lowest BCUT2D eigenvalue weighted by Gasteiger charge is -2.32. The maximum atomic E-state index is 12.5. The average Bonchev–Trinajstić information content (AvgIpc) is 2.82. The molecule has 0 spiro atoms. The van der Waals surface area contributed by atoms with Gasteiger partial charge in [-0.3, -0.25) is 0 Å². The fourth-order valence-corrected chi connectivity index (χ4v) is 4.25. The normalized spacial score (nSPS) is 21.4. The molecule has 3 rings (SSSR count). The number of hydrogen-bond donors (Lipinski definition) is 1. The molecule has 108 valence electrons. The van der Waals surface area contributed by atoms with Crippen LogP contribution in [0.4, 0.5) is 0 Å². The number of piperazine rings is 1. The summed E-state index contributed by atoms with van der Waals surface area (Å²) in [7, 11) is -3.38. The first kappa shape index (κ1) is 13.5. The molecule has 1 aromatic carbocycles. The molecule has 0 saturated carbocycles. The molecule has 20 heavy (non-hydrogen) atoms. The predicted molar refractivity (Wildman–Crippen MR) is 75.7 cm³/mol. The summed E-state index contributed by atoms with van der Waals surface area (Å²) in [5.41, 5.74) is 1.09. The SMILES string of the molecule is C[C@H]1CNCCN1S(=O)(=O)Cc1noc2ccccc12. The first-order chi connectivity index (χ1) is 9.58. The number of nitrogens with zero attached hydrogens (tertiary/aromatic N) is 2. The van der Waals surface area contributed by atoms with E-state index in [0.29, 0.717) is 30.9 Å². The highest BCUT2D eigenvalue weighted by Gasteiger charge is 2.30. The van der Waals surface area contributed by atoms with Crippen molar-refractivity contribution in [1.29, 1.82) is 0 Å². The van der Waals surface area contributed by atoms with Crippen molar-refractivity contribution in [3.05, 3.63) is 30.0 Å². The molecule has 0 radical (unpaired) electrons. The largest absolute Gasteiger partial charge is 0.356 e. The van der Waals surface area contributed by atoms with Crippen LogP contribution in [0.1, 0.15) is 12.6 Å². The van der Waals surface area contributed by atoms with Crippen LogP contribution in [0.5, 0.6) is 0 Å². The van der Waals surface area contributed by atoms with E-state index in [1.807, 2.05) is 25.1 Å². The van der Waals surface area contributed by atoms with Crippen molar-refractivity contribution in [2.75, 3.05) is 19.6 Å². The molecule has 1 atom stereocenters. The van der Waals surface area contributed by atoms with Crippen molar-refractivity contribution in [3.8, 4) is 0 Å². The number of hydrogen-bond acceptors (Lipinski definition) is 5. The molecule has 1 saturated heterocycles. The van der Waals surface area contributed by atoms with Crippen LogP contribution < -0.4 is 5.32 Å². The van der Waals surface area contributed by atoms with E-state index in [-0.39, 0.29) is 11.8 Å². The number of rotatable bonds is 3. The maximum Gasteiger partial charge on any atom is 0.220 e. The van der Waals surface area contributed by atoms with E-state index >= 15 is 0 Å². The second-order valence-corrected chi connectivity index (χ2v) is 6.97. The van der Waals surface area contributed by atoms with Crippen molar-refractivity contribution >= 4 is 21.0 Å². The number of fused-ring (bicyclic) bond motifs is 1. The molecule has 0 unspecified atom stereocenters. The Bertz CT molecular complexity index is 710. The molecule has 0 amide bonds. The van der Waals surface area contributed by atoms with Gasteiger partial charge in [0.15, 0.2) is 5.58 Å². The zero-order valence-corrected chi connectivity index (χ0v) is 12.1. The number of benzene rings is 1. The highest BCUT2D eigenvalue weighted by molar-refractivity contribution is 7.88. The fraction of sp³-hybridized carbons (Fsp3) is 0.462. The van der Waals surface area contributed by atoms with E-state index < -0.39 is 10.0 Å². The zero-order chi connectivity index (χ0) is 14.2. The molecule has 6 nitrogen and oxygen atoms in total. The van der Waals surface area contributed by atoms with Gasteiger partial charge in [-0.05, 0) is 19.1 Å². The Labute approximate surface area is 117 Å². The molecule has 0 aliphatic carbocycles. The monoisotopic (exact) mass is 295 g/mol. The Hall–Kier alpha value is -1.44. The minimum Gasteiger partial charge on any atom is -0.356 e. The Morgan fingerprint density at radius 2 is 2.25 bits per heavy atom. The molecule has 1 aliphatic heterocycles. The van der Waals surface area contributed by atoms with E-state index in [1.165, 1.54) is 0 Å². The zero-order valence-electron chi connectivity index (χ0n) is 11.2. The van der Waals surface area contributed by atoms with Crippen LogP contribution in [0, 0.1) is 0 Å². The van der Waals surface area contributed by atoms with E-state index in [1.54, 1.807) is 10.4 Å². The summed E-state index contributed by atoms with van der Waals surface area (Å²) in [6.45, 7) is 3.77. The first-order valence-corrected chi connectivity index (χ1v) is 8.22. The average molecular weight is 295 g/mol. The molecule has 1 aromatic heterocycles. The highest BCUT2D eigenvalue weighted by atomic mass is 32.2. The Kier molecular flexibility index (Phi) is 3.49. The summed E-state index contributed by atoms with van der Waals surface area (Å²) < 4.78 is 31.8. The van der Waals surface area contributed by atoms with Gasteiger partial charge in [-0.15, -0.1) is 0 Å². The standard InChI is InChI=1S/C13H17N3O3S/c1-10-8-14-6-7-16(10)20(17,18)9-12-11-4-2-3-5-13(11)19-15-12/h2-5,10,14H,6-9H2,1H3/t10-/m0/s1. The summed E-state index contributed by atoms with van der Waals surface area (Å²) in [5, 5.41) is 7.85. The van der Waals surface area contributed by atoms with Gasteiger partial charge in [0, 0.05) is 31.1 Å². The summed E-state index contributed by atoms with van der Waals surface area (Å²) in [6.07, 6.45) is 0. The summed E-state index contributed by atoms with van der Waals surface area (Å²) in [6, 6.07) is 7.27. The maximum absolute atomic E-state index is 12.5. The van der Waals surface area contributed by atoms with Crippen molar-refractivity contribution in [1.82, 2.24) is 14.8 Å². The molecule has 1 aliphatic rings. The number of aromatic nitrogens is 1. The topological polar surface area (TPSA) is 75.4 Å². The van der Waals surface area contributed by atoms with Crippen molar-refractivity contribution in [2.45, 2.75) is 18.7 Å². The van der Waals surface area contributed by atoms with Gasteiger partial charge in [-0.1, -0.05) is 17.3 Å². The van der Waals surface area contributed by atoms with Crippen molar-refractivity contribution in [3.63, 3.8) is 0 Å². The molecule has 7 heteroatoms. The minimum atomic E-state index is -3.38. The van der Waals surface area contributed by atoms with Crippen LogP contribution in [0.15, 0.2) is 28.8 Å². The third kappa shape index (κ3) is 2.44. The van der Waals surface area contributed by atoms with Crippen LogP contribution in [-0.2, 0) is 15.8 Å². The lowest BCUT2D eigenvalue weighted by atomic mass is 10.2. The first-order valence-electron chi connectivity index (χ1n) is 6.61. The summed E-state index contributed by atoms with van der Waals surface area (Å²) in [4.78, 5) is 0. The highest BCUT2D eigenvalue weighted by Crippen LogP contribution is 2.22. The Morgan fingerprint density at radius 1 is 1.45 bits per heavy atom. The lowest BCUT2D eigenvalue weighted by Crippen LogP contribution is -2.52. The third-order valence-corrected chi connectivity index (χ3v) is 5.46. The minimum absolute atomic E-state index is 0.0353. The van der Waals surface area contributed by atoms with E-state index in [2.05, 4.69) is 10.5 Å². The van der Waals surface area contributed by atoms with Gasteiger partial charge in [0.1, 0.15) is 11.4 Å². The Balaban J connectivity index is 1.89. The van der Waals surface area contributed by atoms with Gasteiger partial charge in [-0.2, -0.15) is 4.31 Å². The molecular formula is C13H17N3O3S.